The third-order valence-corrected chi connectivity index (χ3v) is 3.80. The van der Waals surface area contributed by atoms with Crippen molar-refractivity contribution in [3.8, 4) is 0 Å². The van der Waals surface area contributed by atoms with E-state index in [2.05, 4.69) is 22.4 Å². The highest BCUT2D eigenvalue weighted by Gasteiger charge is 2.32. The number of carbonyl (C=O) groups excluding carboxylic acids is 1. The molecule has 1 amide bonds. The molecule has 1 N–H and O–H groups in total. The number of carbonyl (C=O) groups is 1. The fraction of sp³-hybridized carbons (Fsp3) is 0.812. The minimum Gasteiger partial charge on any atom is -0.444 e. The van der Waals surface area contributed by atoms with E-state index in [-0.39, 0.29) is 18.2 Å². The van der Waals surface area contributed by atoms with Crippen LogP contribution < -0.4 is 5.32 Å². The number of hydrogen-bond donors (Lipinski definition) is 1. The molecular weight excluding hydrogens is 296 g/mol. The summed E-state index contributed by atoms with van der Waals surface area (Å²) in [5.74, 6) is 1.23. The Morgan fingerprint density at radius 1 is 1.52 bits per heavy atom. The lowest BCUT2D eigenvalue weighted by Crippen LogP contribution is -2.42. The predicted octanol–water partition coefficient (Wildman–Crippen LogP) is 2.65. The Balaban J connectivity index is 1.81. The number of amides is 1. The molecule has 1 aromatic heterocycles. The van der Waals surface area contributed by atoms with Crippen LogP contribution in [-0.4, -0.2) is 45.4 Å². The number of aryl methyl sites for hydroxylation is 1. The SMILES string of the molecule is Cc1noc(CNC(C)CC2CCCN2C(=O)OC(C)(C)C)n1. The predicted molar refractivity (Wildman–Crippen MR) is 85.9 cm³/mol. The molecule has 7 heteroatoms. The lowest BCUT2D eigenvalue weighted by Gasteiger charge is -2.30. The molecule has 1 aromatic rings. The molecule has 7 nitrogen and oxygen atoms in total. The van der Waals surface area contributed by atoms with Gasteiger partial charge in [0.25, 0.3) is 0 Å². The first kappa shape index (κ1) is 17.7. The van der Waals surface area contributed by atoms with Crippen LogP contribution in [0.4, 0.5) is 4.79 Å². The van der Waals surface area contributed by atoms with Gasteiger partial charge in [0.1, 0.15) is 5.60 Å². The van der Waals surface area contributed by atoms with E-state index >= 15 is 0 Å². The van der Waals surface area contributed by atoms with Crippen molar-refractivity contribution in [2.24, 2.45) is 0 Å². The molecule has 2 rings (SSSR count). The van der Waals surface area contributed by atoms with Crippen LogP contribution in [-0.2, 0) is 11.3 Å². The topological polar surface area (TPSA) is 80.5 Å². The van der Waals surface area contributed by atoms with Gasteiger partial charge in [-0.1, -0.05) is 5.16 Å². The van der Waals surface area contributed by atoms with Crippen molar-refractivity contribution in [2.75, 3.05) is 6.54 Å². The van der Waals surface area contributed by atoms with Gasteiger partial charge in [0.2, 0.25) is 5.89 Å². The van der Waals surface area contributed by atoms with Gasteiger partial charge in [0, 0.05) is 18.6 Å². The van der Waals surface area contributed by atoms with Gasteiger partial charge >= 0.3 is 6.09 Å². The second-order valence-electron chi connectivity index (χ2n) is 7.22. The van der Waals surface area contributed by atoms with Gasteiger partial charge in [-0.05, 0) is 53.9 Å². The van der Waals surface area contributed by atoms with Crippen LogP contribution in [0.3, 0.4) is 0 Å². The van der Waals surface area contributed by atoms with Gasteiger partial charge < -0.3 is 19.5 Å². The molecule has 2 heterocycles. The molecule has 0 spiro atoms. The van der Waals surface area contributed by atoms with E-state index in [0.717, 1.165) is 25.8 Å². The van der Waals surface area contributed by atoms with Crippen molar-refractivity contribution < 1.29 is 14.1 Å². The van der Waals surface area contributed by atoms with Crippen LogP contribution in [0.15, 0.2) is 4.52 Å². The second kappa shape index (κ2) is 7.29. The van der Waals surface area contributed by atoms with Crippen LogP contribution in [0, 0.1) is 6.92 Å². The molecule has 2 atom stereocenters. The summed E-state index contributed by atoms with van der Waals surface area (Å²) in [6.07, 6.45) is 2.72. The summed E-state index contributed by atoms with van der Waals surface area (Å²) in [5, 5.41) is 7.14. The monoisotopic (exact) mass is 324 g/mol. The standard InChI is InChI=1S/C16H28N4O3/c1-11(17-10-14-18-12(2)19-23-14)9-13-7-6-8-20(13)15(21)22-16(3,4)5/h11,13,17H,6-10H2,1-5H3. The van der Waals surface area contributed by atoms with E-state index in [1.807, 2.05) is 25.7 Å². The molecule has 1 aliphatic rings. The molecule has 0 bridgehead atoms. The van der Waals surface area contributed by atoms with Crippen molar-refractivity contribution in [1.82, 2.24) is 20.4 Å². The van der Waals surface area contributed by atoms with Crippen molar-refractivity contribution in [3.63, 3.8) is 0 Å². The summed E-state index contributed by atoms with van der Waals surface area (Å²) in [4.78, 5) is 18.3. The lowest BCUT2D eigenvalue weighted by molar-refractivity contribution is 0.0214. The van der Waals surface area contributed by atoms with E-state index in [1.54, 1.807) is 6.92 Å². The molecular formula is C16H28N4O3. The van der Waals surface area contributed by atoms with Gasteiger partial charge in [-0.2, -0.15) is 4.98 Å². The molecule has 130 valence electrons. The van der Waals surface area contributed by atoms with E-state index in [9.17, 15) is 4.79 Å². The largest absolute Gasteiger partial charge is 0.444 e. The van der Waals surface area contributed by atoms with Gasteiger partial charge in [-0.15, -0.1) is 0 Å². The van der Waals surface area contributed by atoms with Gasteiger partial charge in [-0.25, -0.2) is 4.79 Å². The summed E-state index contributed by atoms with van der Waals surface area (Å²) in [7, 11) is 0. The van der Waals surface area contributed by atoms with Gasteiger partial charge in [0.15, 0.2) is 5.82 Å². The van der Waals surface area contributed by atoms with Crippen molar-refractivity contribution in [3.05, 3.63) is 11.7 Å². The number of rotatable bonds is 5. The highest BCUT2D eigenvalue weighted by atomic mass is 16.6. The fourth-order valence-corrected chi connectivity index (χ4v) is 2.81. The zero-order valence-electron chi connectivity index (χ0n) is 14.8. The Kier molecular flexibility index (Phi) is 5.62. The number of likely N-dealkylation sites (tertiary alicyclic amines) is 1. The molecule has 23 heavy (non-hydrogen) atoms. The van der Waals surface area contributed by atoms with Gasteiger partial charge in [0.05, 0.1) is 6.54 Å². The van der Waals surface area contributed by atoms with Crippen LogP contribution >= 0.6 is 0 Å². The number of aromatic nitrogens is 2. The fourth-order valence-electron chi connectivity index (χ4n) is 2.81. The number of nitrogens with zero attached hydrogens (tertiary/aromatic N) is 3. The van der Waals surface area contributed by atoms with Crippen LogP contribution in [0.25, 0.3) is 0 Å². The summed E-state index contributed by atoms with van der Waals surface area (Å²) < 4.78 is 10.6. The number of nitrogens with one attached hydrogen (secondary N) is 1. The number of ether oxygens (including phenoxy) is 1. The number of hydrogen-bond acceptors (Lipinski definition) is 6. The molecule has 1 saturated heterocycles. The Labute approximate surface area is 137 Å². The minimum atomic E-state index is -0.454. The highest BCUT2D eigenvalue weighted by molar-refractivity contribution is 5.68. The summed E-state index contributed by atoms with van der Waals surface area (Å²) in [6, 6.07) is 0.465. The lowest BCUT2D eigenvalue weighted by atomic mass is 10.1. The molecule has 0 saturated carbocycles. The second-order valence-corrected chi connectivity index (χ2v) is 7.22. The first-order chi connectivity index (χ1) is 10.7. The molecule has 0 radical (unpaired) electrons. The summed E-state index contributed by atoms with van der Waals surface area (Å²) in [6.45, 7) is 10.9. The zero-order chi connectivity index (χ0) is 17.0. The summed E-state index contributed by atoms with van der Waals surface area (Å²) >= 11 is 0. The van der Waals surface area contributed by atoms with E-state index in [1.165, 1.54) is 0 Å². The third kappa shape index (κ3) is 5.49. The summed E-state index contributed by atoms with van der Waals surface area (Å²) in [5.41, 5.74) is -0.454. The first-order valence-corrected chi connectivity index (χ1v) is 8.27. The first-order valence-electron chi connectivity index (χ1n) is 8.27. The van der Waals surface area contributed by atoms with Crippen LogP contribution in [0.2, 0.25) is 0 Å². The van der Waals surface area contributed by atoms with Crippen molar-refractivity contribution in [1.29, 1.82) is 0 Å². The third-order valence-electron chi connectivity index (χ3n) is 3.80. The zero-order valence-corrected chi connectivity index (χ0v) is 14.8. The maximum absolute atomic E-state index is 12.3. The average molecular weight is 324 g/mol. The maximum Gasteiger partial charge on any atom is 0.410 e. The molecule has 0 aliphatic carbocycles. The quantitative estimate of drug-likeness (QED) is 0.897. The Bertz CT molecular complexity index is 524. The molecule has 1 aliphatic heterocycles. The Morgan fingerprint density at radius 3 is 2.87 bits per heavy atom. The molecule has 0 aromatic carbocycles. The van der Waals surface area contributed by atoms with E-state index < -0.39 is 5.60 Å². The Morgan fingerprint density at radius 2 is 2.26 bits per heavy atom. The molecule has 1 fully saturated rings. The van der Waals surface area contributed by atoms with Crippen LogP contribution in [0.1, 0.15) is 58.7 Å². The van der Waals surface area contributed by atoms with Crippen LogP contribution in [0.5, 0.6) is 0 Å². The Hall–Kier alpha value is -1.63. The van der Waals surface area contributed by atoms with E-state index in [0.29, 0.717) is 18.3 Å². The molecule has 2 unspecified atom stereocenters. The normalized spacial score (nSPS) is 19.9. The minimum absolute atomic E-state index is 0.209. The smallest absolute Gasteiger partial charge is 0.410 e. The van der Waals surface area contributed by atoms with Crippen molar-refractivity contribution in [2.45, 2.75) is 78.1 Å². The maximum atomic E-state index is 12.3. The van der Waals surface area contributed by atoms with E-state index in [4.69, 9.17) is 9.26 Å². The highest BCUT2D eigenvalue weighted by Crippen LogP contribution is 2.24. The average Bonchev–Trinajstić information content (AvgIpc) is 3.03. The van der Waals surface area contributed by atoms with Crippen molar-refractivity contribution >= 4 is 6.09 Å². The van der Waals surface area contributed by atoms with Gasteiger partial charge in [-0.3, -0.25) is 0 Å².